The van der Waals surface area contributed by atoms with Crippen molar-refractivity contribution in [3.63, 3.8) is 0 Å². The second kappa shape index (κ2) is 3.96. The van der Waals surface area contributed by atoms with Gasteiger partial charge in [0.25, 0.3) is 0 Å². The zero-order valence-electron chi connectivity index (χ0n) is 7.85. The van der Waals surface area contributed by atoms with Gasteiger partial charge < -0.3 is 10.5 Å². The van der Waals surface area contributed by atoms with Crippen LogP contribution < -0.4 is 10.5 Å². The van der Waals surface area contributed by atoms with Gasteiger partial charge in [-0.2, -0.15) is 0 Å². The van der Waals surface area contributed by atoms with Crippen molar-refractivity contribution in [2.75, 3.05) is 5.73 Å². The third-order valence-corrected chi connectivity index (χ3v) is 1.83. The Balaban J connectivity index is 2.28. The van der Waals surface area contributed by atoms with Crippen molar-refractivity contribution in [1.82, 2.24) is 4.98 Å². The van der Waals surface area contributed by atoms with Gasteiger partial charge in [0, 0.05) is 18.3 Å². The highest BCUT2D eigenvalue weighted by Gasteiger charge is 2.03. The van der Waals surface area contributed by atoms with E-state index in [4.69, 9.17) is 10.5 Å². The van der Waals surface area contributed by atoms with Gasteiger partial charge >= 0.3 is 0 Å². The fourth-order valence-corrected chi connectivity index (χ4v) is 1.12. The Morgan fingerprint density at radius 3 is 2.80 bits per heavy atom. The van der Waals surface area contributed by atoms with Gasteiger partial charge in [-0.25, -0.2) is 9.37 Å². The van der Waals surface area contributed by atoms with E-state index in [1.165, 1.54) is 18.2 Å². The average molecular weight is 204 g/mol. The fraction of sp³-hybridized carbons (Fsp3) is 0. The largest absolute Gasteiger partial charge is 0.437 e. The van der Waals surface area contributed by atoms with Crippen molar-refractivity contribution in [1.29, 1.82) is 0 Å². The van der Waals surface area contributed by atoms with Gasteiger partial charge in [-0.1, -0.05) is 6.07 Å². The lowest BCUT2D eigenvalue weighted by atomic mass is 10.3. The van der Waals surface area contributed by atoms with Crippen LogP contribution in [0.25, 0.3) is 0 Å². The highest BCUT2D eigenvalue weighted by molar-refractivity contribution is 5.53. The summed E-state index contributed by atoms with van der Waals surface area (Å²) in [5.74, 6) is 0.263. The minimum Gasteiger partial charge on any atom is -0.437 e. The summed E-state index contributed by atoms with van der Waals surface area (Å²) in [7, 11) is 0. The third-order valence-electron chi connectivity index (χ3n) is 1.83. The Morgan fingerprint density at radius 1 is 1.20 bits per heavy atom. The zero-order chi connectivity index (χ0) is 10.7. The van der Waals surface area contributed by atoms with E-state index in [2.05, 4.69) is 4.98 Å². The molecular weight excluding hydrogens is 195 g/mol. The van der Waals surface area contributed by atoms with Crippen LogP contribution in [-0.2, 0) is 0 Å². The normalized spacial score (nSPS) is 9.93. The molecule has 1 aromatic carbocycles. The summed E-state index contributed by atoms with van der Waals surface area (Å²) in [6.07, 6.45) is 1.59. The molecule has 0 amide bonds. The van der Waals surface area contributed by atoms with E-state index in [9.17, 15) is 4.39 Å². The summed E-state index contributed by atoms with van der Waals surface area (Å²) in [5, 5.41) is 0. The van der Waals surface area contributed by atoms with Gasteiger partial charge in [0.15, 0.2) is 5.75 Å². The molecule has 0 saturated carbocycles. The Morgan fingerprint density at radius 2 is 2.07 bits per heavy atom. The minimum atomic E-state index is -0.393. The van der Waals surface area contributed by atoms with E-state index in [1.54, 1.807) is 24.4 Å². The standard InChI is InChI=1S/C11H9FN2O/c12-8-4-5-9(13)10(7-8)15-11-3-1-2-6-14-11/h1-7H,13H2. The van der Waals surface area contributed by atoms with Crippen LogP contribution in [0, 0.1) is 5.82 Å². The number of aromatic nitrogens is 1. The predicted octanol–water partition coefficient (Wildman–Crippen LogP) is 2.60. The minimum absolute atomic E-state index is 0.272. The number of halogens is 1. The molecule has 0 aliphatic carbocycles. The van der Waals surface area contributed by atoms with Gasteiger partial charge in [-0.15, -0.1) is 0 Å². The van der Waals surface area contributed by atoms with Crippen molar-refractivity contribution in [2.45, 2.75) is 0 Å². The quantitative estimate of drug-likeness (QED) is 0.765. The Bertz CT molecular complexity index is 459. The molecule has 3 nitrogen and oxygen atoms in total. The lowest BCUT2D eigenvalue weighted by Crippen LogP contribution is -1.93. The van der Waals surface area contributed by atoms with E-state index >= 15 is 0 Å². The highest BCUT2D eigenvalue weighted by Crippen LogP contribution is 2.26. The SMILES string of the molecule is Nc1ccc(F)cc1Oc1ccccn1. The van der Waals surface area contributed by atoms with Crippen LogP contribution in [0.1, 0.15) is 0 Å². The summed E-state index contributed by atoms with van der Waals surface area (Å²) in [5.41, 5.74) is 5.99. The molecule has 0 saturated heterocycles. The van der Waals surface area contributed by atoms with E-state index in [1.807, 2.05) is 0 Å². The summed E-state index contributed by atoms with van der Waals surface area (Å²) in [6, 6.07) is 9.17. The number of hydrogen-bond donors (Lipinski definition) is 1. The van der Waals surface area contributed by atoms with Crippen molar-refractivity contribution >= 4 is 5.69 Å². The van der Waals surface area contributed by atoms with Crippen LogP contribution in [0.3, 0.4) is 0 Å². The van der Waals surface area contributed by atoms with Crippen molar-refractivity contribution in [2.24, 2.45) is 0 Å². The van der Waals surface area contributed by atoms with Crippen LogP contribution in [0.5, 0.6) is 11.6 Å². The van der Waals surface area contributed by atoms with Crippen LogP contribution in [0.4, 0.5) is 10.1 Å². The van der Waals surface area contributed by atoms with Gasteiger partial charge in [-0.3, -0.25) is 0 Å². The van der Waals surface area contributed by atoms with E-state index < -0.39 is 5.82 Å². The molecular formula is C11H9FN2O. The number of nitrogens with two attached hydrogens (primary N) is 1. The maximum atomic E-state index is 12.9. The number of ether oxygens (including phenoxy) is 1. The number of anilines is 1. The summed E-state index contributed by atoms with van der Waals surface area (Å²) >= 11 is 0. The summed E-state index contributed by atoms with van der Waals surface area (Å²) in [6.45, 7) is 0. The maximum absolute atomic E-state index is 12.9. The Kier molecular flexibility index (Phi) is 2.49. The molecule has 76 valence electrons. The fourth-order valence-electron chi connectivity index (χ4n) is 1.12. The van der Waals surface area contributed by atoms with E-state index in [-0.39, 0.29) is 5.75 Å². The van der Waals surface area contributed by atoms with E-state index in [0.29, 0.717) is 11.6 Å². The molecule has 2 aromatic rings. The van der Waals surface area contributed by atoms with Crippen LogP contribution in [-0.4, -0.2) is 4.98 Å². The predicted molar refractivity (Wildman–Crippen MR) is 55.1 cm³/mol. The second-order valence-corrected chi connectivity index (χ2v) is 2.95. The molecule has 0 radical (unpaired) electrons. The molecule has 15 heavy (non-hydrogen) atoms. The number of pyridine rings is 1. The van der Waals surface area contributed by atoms with Gasteiger partial charge in [0.05, 0.1) is 5.69 Å². The zero-order valence-corrected chi connectivity index (χ0v) is 7.85. The van der Waals surface area contributed by atoms with Crippen LogP contribution in [0.2, 0.25) is 0 Å². The molecule has 0 unspecified atom stereocenters. The molecule has 0 aliphatic rings. The first-order chi connectivity index (χ1) is 7.25. The van der Waals surface area contributed by atoms with Gasteiger partial charge in [0.2, 0.25) is 5.88 Å². The molecule has 0 atom stereocenters. The molecule has 0 aliphatic heterocycles. The number of benzene rings is 1. The molecule has 4 heteroatoms. The number of nitrogens with zero attached hydrogens (tertiary/aromatic N) is 1. The monoisotopic (exact) mass is 204 g/mol. The van der Waals surface area contributed by atoms with Gasteiger partial charge in [0.1, 0.15) is 5.82 Å². The summed E-state index contributed by atoms with van der Waals surface area (Å²) < 4.78 is 18.2. The molecule has 1 aromatic heterocycles. The lowest BCUT2D eigenvalue weighted by Gasteiger charge is -2.06. The third kappa shape index (κ3) is 2.22. The van der Waals surface area contributed by atoms with Crippen LogP contribution in [0.15, 0.2) is 42.6 Å². The topological polar surface area (TPSA) is 48.1 Å². The van der Waals surface area contributed by atoms with Crippen molar-refractivity contribution in [3.8, 4) is 11.6 Å². The second-order valence-electron chi connectivity index (χ2n) is 2.95. The van der Waals surface area contributed by atoms with Gasteiger partial charge in [-0.05, 0) is 18.2 Å². The molecule has 0 bridgehead atoms. The van der Waals surface area contributed by atoms with E-state index in [0.717, 1.165) is 0 Å². The van der Waals surface area contributed by atoms with Crippen LogP contribution >= 0.6 is 0 Å². The molecule has 2 rings (SSSR count). The first-order valence-electron chi connectivity index (χ1n) is 4.39. The number of hydrogen-bond acceptors (Lipinski definition) is 3. The number of nitrogen functional groups attached to an aromatic ring is 1. The lowest BCUT2D eigenvalue weighted by molar-refractivity contribution is 0.460. The molecule has 1 heterocycles. The molecule has 0 fully saturated rings. The first-order valence-corrected chi connectivity index (χ1v) is 4.39. The van der Waals surface area contributed by atoms with Crippen molar-refractivity contribution < 1.29 is 9.13 Å². The summed E-state index contributed by atoms with van der Waals surface area (Å²) in [4.78, 5) is 3.94. The first kappa shape index (κ1) is 9.45. The molecule has 2 N–H and O–H groups in total. The maximum Gasteiger partial charge on any atom is 0.219 e. The number of rotatable bonds is 2. The highest BCUT2D eigenvalue weighted by atomic mass is 19.1. The average Bonchev–Trinajstić information content (AvgIpc) is 2.25. The smallest absolute Gasteiger partial charge is 0.219 e. The molecule has 0 spiro atoms. The van der Waals surface area contributed by atoms with Crippen molar-refractivity contribution in [3.05, 3.63) is 48.4 Å². The Hall–Kier alpha value is -2.10. The Labute approximate surface area is 86.3 Å².